The quantitative estimate of drug-likeness (QED) is 0.0190. The van der Waals surface area contributed by atoms with E-state index < -0.39 is 84.8 Å². The molecule has 6 amide bonds. The number of piperidine rings is 1. The second-order valence-electron chi connectivity index (χ2n) is 27.0. The van der Waals surface area contributed by atoms with Gasteiger partial charge in [-0.15, -0.1) is 0 Å². The molecule has 4 aliphatic rings. The molecule has 0 aliphatic carbocycles. The fourth-order valence-corrected chi connectivity index (χ4v) is 13.3. The van der Waals surface area contributed by atoms with E-state index in [1.54, 1.807) is 44.4 Å². The molecule has 10 rings (SSSR count). The van der Waals surface area contributed by atoms with Crippen LogP contribution in [0.15, 0.2) is 73.3 Å². The molecule has 6 atom stereocenters. The van der Waals surface area contributed by atoms with Gasteiger partial charge in [-0.05, 0) is 84.7 Å². The molecule has 3 aromatic carbocycles. The molecule has 0 unspecified atom stereocenters. The summed E-state index contributed by atoms with van der Waals surface area (Å²) in [7, 11) is 9.57. The molecule has 0 saturated carbocycles. The molecule has 34 heteroatoms. The smallest absolute Gasteiger partial charge is 0.415 e. The van der Waals surface area contributed by atoms with Crippen molar-refractivity contribution in [3.8, 4) is 46.1 Å². The number of hydrogen-bond acceptors (Lipinski definition) is 25. The molecular formula is C75H91N12O22+. The van der Waals surface area contributed by atoms with Crippen molar-refractivity contribution in [2.24, 2.45) is 0 Å². The zero-order chi connectivity index (χ0) is 78.2. The largest absolute Gasteiger partial charge is 0.493 e. The van der Waals surface area contributed by atoms with Crippen LogP contribution < -0.4 is 38.5 Å². The van der Waals surface area contributed by atoms with Crippen LogP contribution in [0.4, 0.5) is 30.7 Å². The van der Waals surface area contributed by atoms with E-state index in [0.717, 1.165) is 93.7 Å². The Bertz CT molecular complexity index is 4430. The number of likely N-dealkylation sites (tertiary alicyclic amines) is 1. The van der Waals surface area contributed by atoms with E-state index in [1.165, 1.54) is 62.9 Å². The summed E-state index contributed by atoms with van der Waals surface area (Å²) < 4.78 is 65.9. The molecule has 2 saturated heterocycles. The number of amides is 6. The van der Waals surface area contributed by atoms with E-state index in [0.29, 0.717) is 78.2 Å². The molecule has 34 nitrogen and oxygen atoms in total. The number of pyridine rings is 1. The highest BCUT2D eigenvalue weighted by Crippen LogP contribution is 2.43. The van der Waals surface area contributed by atoms with Crippen LogP contribution in [0.1, 0.15) is 103 Å². The van der Waals surface area contributed by atoms with Gasteiger partial charge >= 0.3 is 48.2 Å². The van der Waals surface area contributed by atoms with Gasteiger partial charge in [0.15, 0.2) is 59.7 Å². The second kappa shape index (κ2) is 36.7. The molecule has 6 aromatic rings. The number of aryl methyl sites for hydroxylation is 2. The molecule has 7 heterocycles. The maximum absolute atomic E-state index is 13.9. The number of benzene rings is 3. The van der Waals surface area contributed by atoms with Crippen LogP contribution in [0.5, 0.6) is 28.7 Å². The number of esters is 3. The van der Waals surface area contributed by atoms with Crippen LogP contribution in [0.3, 0.4) is 0 Å². The van der Waals surface area contributed by atoms with Gasteiger partial charge < -0.3 is 91.9 Å². The normalized spacial score (nSPS) is 17.4. The maximum atomic E-state index is 13.9. The Hall–Kier alpha value is -11.8. The summed E-state index contributed by atoms with van der Waals surface area (Å²) in [6.45, 7) is 5.08. The van der Waals surface area contributed by atoms with Crippen molar-refractivity contribution < 1.29 is 110 Å². The SMILES string of the molecule is COc1ccc2cc3[n+](cc2c1OC(=O)N(C)CCN(C)C(=O)OCCCCCCCCCC(=O)Nc1cc(COC(=O)N(C)CCN(C)C(=O)n2ccc4c(N(C)[C@@H]5CCCN(C(=O)CC#N)C5)ncnc42)ccc1O[C@@H]1O[C@H](C(=O)O)[C@@H](OC(C)=O)[C@H](OC(C)=O)[C@H]1OC(C)=O)CCc1cc2c(cc1-3)OCO2. The molecule has 0 spiro atoms. The number of nitrogens with zero attached hydrogens (tertiary/aromatic N) is 11. The van der Waals surface area contributed by atoms with Crippen molar-refractivity contribution in [1.82, 2.24) is 39.0 Å². The lowest BCUT2D eigenvalue weighted by atomic mass is 9.95. The number of carboxylic acid groups (broad SMARTS) is 1. The highest BCUT2D eigenvalue weighted by molar-refractivity contribution is 5.96. The number of methoxy groups -OCH3 is 1. The van der Waals surface area contributed by atoms with Gasteiger partial charge in [0.25, 0.3) is 0 Å². The van der Waals surface area contributed by atoms with E-state index in [2.05, 4.69) is 25.9 Å². The lowest BCUT2D eigenvalue weighted by molar-refractivity contribution is -0.686. The monoisotopic (exact) mass is 1510 g/mol. The number of rotatable bonds is 30. The predicted molar refractivity (Wildman–Crippen MR) is 386 cm³/mol. The second-order valence-corrected chi connectivity index (χ2v) is 27.0. The van der Waals surface area contributed by atoms with Gasteiger partial charge in [0.05, 0.1) is 41.8 Å². The third-order valence-corrected chi connectivity index (χ3v) is 19.2. The average molecular weight is 1510 g/mol. The molecular weight excluding hydrogens is 1420 g/mol. The Kier molecular flexibility index (Phi) is 26.9. The Morgan fingerprint density at radius 1 is 0.725 bits per heavy atom. The highest BCUT2D eigenvalue weighted by atomic mass is 16.7. The van der Waals surface area contributed by atoms with Crippen LogP contribution >= 0.6 is 0 Å². The molecule has 2 N–H and O–H groups in total. The molecule has 582 valence electrons. The third-order valence-electron chi connectivity index (χ3n) is 19.2. The average Bonchev–Trinajstić information content (AvgIpc) is 1.70. The Morgan fingerprint density at radius 2 is 1.38 bits per heavy atom. The van der Waals surface area contributed by atoms with Crippen molar-refractivity contribution >= 4 is 93.3 Å². The summed E-state index contributed by atoms with van der Waals surface area (Å²) in [4.78, 5) is 148. The number of aromatic nitrogens is 4. The number of unbranched alkanes of at least 4 members (excludes halogenated alkanes) is 6. The number of likely N-dealkylation sites (N-methyl/N-ethyl adjacent to an activating group) is 5. The number of fused-ring (bicyclic) bond motifs is 6. The summed E-state index contributed by atoms with van der Waals surface area (Å²) >= 11 is 0. The topological polar surface area (TPSA) is 382 Å². The standard InChI is InChI=1S/C75H90N12O22/c1-45(88)104-64-65(105-46(2)89)67(106-47(3)90)71(108-66(64)70(93)94)107-57-22-20-48(42-101-74(97)82(6)32-31-80(4)72(95)87-30-26-52-68(77-43-78-69(52)87)84(8)51-18-17-28-86(40-51)62(92)24-27-76)36-55(57)79-61(91)19-15-13-11-10-12-14-16-35-100-73(96)81(5)33-34-83(7)75(98)109-63-54-41-85-29-25-50-38-59-60(103-44-102-59)39-53(50)56(85)37-49(54)21-23-58(63)99-9/h20-23,26,30,36-39,41,43,51,64-67,71H,10-19,24-25,28-29,31-35,40,42,44H2,1-9H3,(H-,79,91,93,94)/p+1/t51-,64+,65+,66+,67-,71-/m1/s1. The zero-order valence-corrected chi connectivity index (χ0v) is 62.4. The highest BCUT2D eigenvalue weighted by Gasteiger charge is 2.56. The first-order chi connectivity index (χ1) is 52.3. The van der Waals surface area contributed by atoms with Crippen LogP contribution in [-0.4, -0.2) is 236 Å². The molecule has 0 radical (unpaired) electrons. The van der Waals surface area contributed by atoms with Gasteiger partial charge in [-0.1, -0.05) is 38.2 Å². The summed E-state index contributed by atoms with van der Waals surface area (Å²) in [5, 5.41) is 24.3. The number of nitrogens with one attached hydrogen (secondary N) is 1. The number of aliphatic carboxylic acids is 1. The van der Waals surface area contributed by atoms with E-state index in [4.69, 9.17) is 57.4 Å². The van der Waals surface area contributed by atoms with Crippen LogP contribution in [0.2, 0.25) is 0 Å². The molecule has 109 heavy (non-hydrogen) atoms. The number of carbonyl (C=O) groups excluding carboxylic acids is 9. The van der Waals surface area contributed by atoms with Crippen LogP contribution in [0.25, 0.3) is 33.1 Å². The van der Waals surface area contributed by atoms with E-state index in [1.807, 2.05) is 42.4 Å². The predicted octanol–water partition coefficient (Wildman–Crippen LogP) is 7.58. The number of anilines is 2. The van der Waals surface area contributed by atoms with Gasteiger partial charge in [0, 0.05) is 126 Å². The summed E-state index contributed by atoms with van der Waals surface area (Å²) in [6, 6.07) is 17.1. The maximum Gasteiger partial charge on any atom is 0.415 e. The molecule has 2 fully saturated rings. The third kappa shape index (κ3) is 19.9. The number of ether oxygens (including phenoxy) is 11. The molecule has 3 aromatic heterocycles. The van der Waals surface area contributed by atoms with Gasteiger partial charge in [-0.3, -0.25) is 28.5 Å². The Morgan fingerprint density at radius 3 is 2.07 bits per heavy atom. The Labute approximate surface area is 628 Å². The summed E-state index contributed by atoms with van der Waals surface area (Å²) in [5.74, 6) is -2.72. The number of nitriles is 1. The summed E-state index contributed by atoms with van der Waals surface area (Å²) in [6.07, 6.45) is 0.763. The van der Waals surface area contributed by atoms with E-state index >= 15 is 0 Å². The van der Waals surface area contributed by atoms with Crippen LogP contribution in [-0.2, 0) is 76.8 Å². The minimum Gasteiger partial charge on any atom is -0.493 e. The van der Waals surface area contributed by atoms with Gasteiger partial charge in [0.2, 0.25) is 36.7 Å². The minimum atomic E-state index is -2.02. The van der Waals surface area contributed by atoms with Gasteiger partial charge in [-0.25, -0.2) is 33.9 Å². The lowest BCUT2D eigenvalue weighted by Crippen LogP contribution is -2.64. The first kappa shape index (κ1) is 79.8. The number of carbonyl (C=O) groups is 10. The zero-order valence-electron chi connectivity index (χ0n) is 62.4. The number of carboxylic acids is 1. The molecule has 0 bridgehead atoms. The first-order valence-electron chi connectivity index (χ1n) is 35.9. The molecule has 4 aliphatic heterocycles. The first-order valence-corrected chi connectivity index (χ1v) is 35.9. The van der Waals surface area contributed by atoms with Crippen molar-refractivity contribution in [3.05, 3.63) is 84.4 Å². The summed E-state index contributed by atoms with van der Waals surface area (Å²) in [5.41, 5.74) is 3.84. The van der Waals surface area contributed by atoms with Crippen molar-refractivity contribution in [2.75, 3.05) is 105 Å². The minimum absolute atomic E-state index is 0.0141. The van der Waals surface area contributed by atoms with Crippen molar-refractivity contribution in [1.29, 1.82) is 5.26 Å². The van der Waals surface area contributed by atoms with E-state index in [9.17, 15) is 53.1 Å². The fraction of sp³-hybridized carbons (Fsp3) is 0.493. The van der Waals surface area contributed by atoms with Crippen LogP contribution in [0, 0.1) is 11.3 Å². The van der Waals surface area contributed by atoms with Gasteiger partial charge in [0.1, 0.15) is 30.9 Å². The number of hydrogen-bond donors (Lipinski definition) is 2. The fourth-order valence-electron chi connectivity index (χ4n) is 13.3. The van der Waals surface area contributed by atoms with Gasteiger partial charge in [-0.2, -0.15) is 9.83 Å². The Balaban J connectivity index is 0.689. The lowest BCUT2D eigenvalue weighted by Gasteiger charge is -2.42. The van der Waals surface area contributed by atoms with E-state index in [-0.39, 0.29) is 88.2 Å². The van der Waals surface area contributed by atoms with Crippen molar-refractivity contribution in [2.45, 2.75) is 148 Å². The van der Waals surface area contributed by atoms with Crippen molar-refractivity contribution in [3.63, 3.8) is 0 Å².